The maximum atomic E-state index is 12.5. The van der Waals surface area contributed by atoms with Gasteiger partial charge < -0.3 is 10.0 Å². The van der Waals surface area contributed by atoms with Crippen molar-refractivity contribution in [3.05, 3.63) is 51.5 Å². The summed E-state index contributed by atoms with van der Waals surface area (Å²) in [4.78, 5) is 21.6. The van der Waals surface area contributed by atoms with E-state index in [-0.39, 0.29) is 11.3 Å². The Labute approximate surface area is 177 Å². The minimum absolute atomic E-state index is 0.156. The van der Waals surface area contributed by atoms with Crippen LogP contribution in [0.2, 0.25) is 0 Å². The van der Waals surface area contributed by atoms with Crippen molar-refractivity contribution < 1.29 is 9.90 Å². The average Bonchev–Trinajstić information content (AvgIpc) is 3.17. The van der Waals surface area contributed by atoms with Crippen LogP contribution in [0.4, 0.5) is 0 Å². The molecule has 2 aliphatic heterocycles. The molecule has 3 heterocycles. The molecule has 0 aliphatic carbocycles. The number of hydrogen-bond acceptors (Lipinski definition) is 5. The molecule has 1 amide bonds. The molecule has 5 nitrogen and oxygen atoms in total. The maximum absolute atomic E-state index is 12.5. The molecule has 1 aromatic heterocycles. The Morgan fingerprint density at radius 1 is 1.17 bits per heavy atom. The van der Waals surface area contributed by atoms with Crippen molar-refractivity contribution in [3.8, 4) is 0 Å². The first-order valence-electron chi connectivity index (χ1n) is 10.5. The van der Waals surface area contributed by atoms with E-state index in [9.17, 15) is 9.90 Å². The second-order valence-corrected chi connectivity index (χ2v) is 10.4. The number of fused-ring (bicyclic) bond motifs is 1. The number of likely N-dealkylation sites (tertiary alicyclic amines) is 1. The van der Waals surface area contributed by atoms with Crippen LogP contribution in [0.3, 0.4) is 0 Å². The molecule has 1 fully saturated rings. The summed E-state index contributed by atoms with van der Waals surface area (Å²) < 4.78 is 0. The van der Waals surface area contributed by atoms with Gasteiger partial charge in [0.15, 0.2) is 0 Å². The molecule has 1 aromatic carbocycles. The summed E-state index contributed by atoms with van der Waals surface area (Å²) in [6.45, 7) is 9.83. The molecule has 0 radical (unpaired) electrons. The summed E-state index contributed by atoms with van der Waals surface area (Å²) in [6.07, 6.45) is 2.18. The molecule has 0 atom stereocenters. The van der Waals surface area contributed by atoms with E-state index in [1.807, 2.05) is 31.1 Å². The molecule has 0 bridgehead atoms. The first-order chi connectivity index (χ1) is 13.7. The van der Waals surface area contributed by atoms with Crippen molar-refractivity contribution >= 4 is 17.2 Å². The van der Waals surface area contributed by atoms with E-state index < -0.39 is 5.60 Å². The van der Waals surface area contributed by atoms with Gasteiger partial charge in [0.2, 0.25) is 5.91 Å². The van der Waals surface area contributed by atoms with Gasteiger partial charge in [-0.1, -0.05) is 45.0 Å². The molecule has 29 heavy (non-hydrogen) atoms. The van der Waals surface area contributed by atoms with Crippen LogP contribution in [-0.4, -0.2) is 45.4 Å². The van der Waals surface area contributed by atoms with Crippen molar-refractivity contribution in [2.75, 3.05) is 19.6 Å². The lowest BCUT2D eigenvalue weighted by molar-refractivity contribution is -0.144. The number of rotatable bonds is 3. The lowest BCUT2D eigenvalue weighted by Gasteiger charge is -2.39. The van der Waals surface area contributed by atoms with E-state index in [1.165, 1.54) is 11.1 Å². The SMILES string of the molecule is CC(C)(C)C(=O)N1CCC(O)(c2csc(CN3CCc4ccccc4C3)n2)CC1. The number of amides is 1. The van der Waals surface area contributed by atoms with E-state index in [4.69, 9.17) is 4.98 Å². The number of benzene rings is 1. The van der Waals surface area contributed by atoms with Gasteiger partial charge in [-0.2, -0.15) is 0 Å². The highest BCUT2D eigenvalue weighted by Crippen LogP contribution is 2.35. The van der Waals surface area contributed by atoms with Crippen LogP contribution in [0.5, 0.6) is 0 Å². The zero-order valence-corrected chi connectivity index (χ0v) is 18.5. The van der Waals surface area contributed by atoms with Crippen LogP contribution >= 0.6 is 11.3 Å². The van der Waals surface area contributed by atoms with Crippen molar-refractivity contribution in [1.29, 1.82) is 0 Å². The normalized spacial score (nSPS) is 19.8. The fourth-order valence-electron chi connectivity index (χ4n) is 4.29. The fourth-order valence-corrected chi connectivity index (χ4v) is 5.22. The lowest BCUT2D eigenvalue weighted by Crippen LogP contribution is -2.48. The number of nitrogens with zero attached hydrogens (tertiary/aromatic N) is 3. The van der Waals surface area contributed by atoms with E-state index in [0.29, 0.717) is 25.9 Å². The number of piperidine rings is 1. The van der Waals surface area contributed by atoms with Crippen molar-refractivity contribution in [2.24, 2.45) is 5.41 Å². The quantitative estimate of drug-likeness (QED) is 0.836. The highest BCUT2D eigenvalue weighted by atomic mass is 32.1. The number of carbonyl (C=O) groups excluding carboxylic acids is 1. The summed E-state index contributed by atoms with van der Waals surface area (Å²) in [5, 5.41) is 14.3. The van der Waals surface area contributed by atoms with Crippen LogP contribution < -0.4 is 0 Å². The molecule has 1 N–H and O–H groups in total. The Morgan fingerprint density at radius 2 is 1.86 bits per heavy atom. The Kier molecular flexibility index (Phi) is 5.53. The first-order valence-corrected chi connectivity index (χ1v) is 11.4. The van der Waals surface area contributed by atoms with Gasteiger partial charge in [0, 0.05) is 37.0 Å². The van der Waals surface area contributed by atoms with Gasteiger partial charge in [-0.3, -0.25) is 9.69 Å². The minimum Gasteiger partial charge on any atom is -0.383 e. The molecule has 4 rings (SSSR count). The van der Waals surface area contributed by atoms with Crippen LogP contribution in [0.1, 0.15) is 55.4 Å². The second-order valence-electron chi connectivity index (χ2n) is 9.43. The highest BCUT2D eigenvalue weighted by molar-refractivity contribution is 7.09. The summed E-state index contributed by atoms with van der Waals surface area (Å²) in [7, 11) is 0. The zero-order chi connectivity index (χ0) is 20.6. The molecular formula is C23H31N3O2S. The number of aliphatic hydroxyl groups is 1. The summed E-state index contributed by atoms with van der Waals surface area (Å²) in [5.41, 5.74) is 2.34. The summed E-state index contributed by atoms with van der Waals surface area (Å²) in [5.74, 6) is 0.156. The zero-order valence-electron chi connectivity index (χ0n) is 17.6. The Bertz CT molecular complexity index is 878. The maximum Gasteiger partial charge on any atom is 0.227 e. The second kappa shape index (κ2) is 7.82. The summed E-state index contributed by atoms with van der Waals surface area (Å²) >= 11 is 1.63. The van der Waals surface area contributed by atoms with Crippen LogP contribution in [0.25, 0.3) is 0 Å². The van der Waals surface area contributed by atoms with Crippen molar-refractivity contribution in [3.63, 3.8) is 0 Å². The van der Waals surface area contributed by atoms with E-state index in [1.54, 1.807) is 11.3 Å². The molecule has 2 aromatic rings. The van der Waals surface area contributed by atoms with E-state index in [0.717, 1.165) is 36.8 Å². The van der Waals surface area contributed by atoms with Gasteiger partial charge >= 0.3 is 0 Å². The number of aromatic nitrogens is 1. The number of hydrogen-bond donors (Lipinski definition) is 1. The largest absolute Gasteiger partial charge is 0.383 e. The van der Waals surface area contributed by atoms with E-state index >= 15 is 0 Å². The third kappa shape index (κ3) is 4.39. The first kappa shape index (κ1) is 20.5. The van der Waals surface area contributed by atoms with Gasteiger partial charge in [0.25, 0.3) is 0 Å². The fraction of sp³-hybridized carbons (Fsp3) is 0.565. The molecule has 2 aliphatic rings. The van der Waals surface area contributed by atoms with Crippen LogP contribution in [0.15, 0.2) is 29.6 Å². The molecule has 6 heteroatoms. The van der Waals surface area contributed by atoms with Gasteiger partial charge in [-0.15, -0.1) is 11.3 Å². The Morgan fingerprint density at radius 3 is 2.55 bits per heavy atom. The molecule has 1 saturated heterocycles. The molecule has 156 valence electrons. The summed E-state index contributed by atoms with van der Waals surface area (Å²) in [6, 6.07) is 8.66. The Hall–Kier alpha value is -1.76. The predicted octanol–water partition coefficient (Wildman–Crippen LogP) is 3.56. The smallest absolute Gasteiger partial charge is 0.227 e. The van der Waals surface area contributed by atoms with Gasteiger partial charge in [0.05, 0.1) is 12.2 Å². The van der Waals surface area contributed by atoms with Gasteiger partial charge in [0.1, 0.15) is 10.6 Å². The minimum atomic E-state index is -0.919. The Balaban J connectivity index is 1.38. The third-order valence-electron chi connectivity index (χ3n) is 6.12. The van der Waals surface area contributed by atoms with Crippen molar-refractivity contribution in [2.45, 2.75) is 58.7 Å². The predicted molar refractivity (Wildman–Crippen MR) is 116 cm³/mol. The lowest BCUT2D eigenvalue weighted by atomic mass is 9.86. The number of thiazole rings is 1. The molecule has 0 saturated carbocycles. The van der Waals surface area contributed by atoms with E-state index in [2.05, 4.69) is 29.2 Å². The standard InChI is InChI=1S/C23H31N3O2S/c1-22(2,3)21(27)26-12-9-23(28,10-13-26)19-16-29-20(24-19)15-25-11-8-17-6-4-5-7-18(17)14-25/h4-7,16,28H,8-15H2,1-3H3. The molecular weight excluding hydrogens is 382 g/mol. The number of carbonyl (C=O) groups is 1. The average molecular weight is 414 g/mol. The topological polar surface area (TPSA) is 56.7 Å². The van der Waals surface area contributed by atoms with Crippen molar-refractivity contribution in [1.82, 2.24) is 14.8 Å². The van der Waals surface area contributed by atoms with Crippen LogP contribution in [0, 0.1) is 5.41 Å². The van der Waals surface area contributed by atoms with Gasteiger partial charge in [-0.25, -0.2) is 4.98 Å². The molecule has 0 spiro atoms. The van der Waals surface area contributed by atoms with Crippen LogP contribution in [-0.2, 0) is 29.9 Å². The van der Waals surface area contributed by atoms with Gasteiger partial charge in [-0.05, 0) is 30.4 Å². The monoisotopic (exact) mass is 413 g/mol. The third-order valence-corrected chi connectivity index (χ3v) is 6.95. The molecule has 0 unspecified atom stereocenters. The highest BCUT2D eigenvalue weighted by Gasteiger charge is 2.39.